The smallest absolute Gasteiger partial charge is 0.413 e. The minimum atomic E-state index is -1.18. The minimum absolute atomic E-state index is 0.393. The number of hydrogen-bond donors (Lipinski definition) is 2. The molecule has 1 aliphatic heterocycles. The maximum atomic E-state index is 11.8. The van der Waals surface area contributed by atoms with Gasteiger partial charge >= 0.3 is 6.09 Å². The Balaban J connectivity index is 2.25. The number of rotatable bonds is 2. The second-order valence-electron chi connectivity index (χ2n) is 4.95. The molecule has 1 heterocycles. The summed E-state index contributed by atoms with van der Waals surface area (Å²) < 4.78 is 5.48. The van der Waals surface area contributed by atoms with Gasteiger partial charge in [-0.1, -0.05) is 6.42 Å². The standard InChI is InChI=1S/C11H20N2O3/c1-10(15)11(5-3-2-4-6-11)16-9(14)13(10)8-7-12/h15H,2-8,12H2,1H3/p+1/t10-/m0/s1. The quantitative estimate of drug-likeness (QED) is 0.704. The number of amides is 1. The summed E-state index contributed by atoms with van der Waals surface area (Å²) in [5, 5.41) is 10.6. The molecule has 2 aliphatic rings. The Morgan fingerprint density at radius 1 is 1.44 bits per heavy atom. The van der Waals surface area contributed by atoms with Crippen LogP contribution < -0.4 is 5.73 Å². The van der Waals surface area contributed by atoms with Crippen molar-refractivity contribution in [3.8, 4) is 0 Å². The molecule has 1 aliphatic carbocycles. The molecular formula is C11H21N2O3+. The molecule has 16 heavy (non-hydrogen) atoms. The third-order valence-corrected chi connectivity index (χ3v) is 3.93. The van der Waals surface area contributed by atoms with Crippen molar-refractivity contribution in [3.05, 3.63) is 0 Å². The second kappa shape index (κ2) is 3.89. The predicted octanol–water partition coefficient (Wildman–Crippen LogP) is 0.0919. The summed E-state index contributed by atoms with van der Waals surface area (Å²) in [6.07, 6.45) is 4.32. The first kappa shape index (κ1) is 11.7. The van der Waals surface area contributed by atoms with Crippen LogP contribution in [0.15, 0.2) is 0 Å². The normalized spacial score (nSPS) is 33.2. The topological polar surface area (TPSA) is 77.4 Å². The van der Waals surface area contributed by atoms with Gasteiger partial charge in [0.15, 0.2) is 11.3 Å². The fraction of sp³-hybridized carbons (Fsp3) is 0.909. The molecule has 0 aromatic carbocycles. The molecule has 1 spiro atoms. The van der Waals surface area contributed by atoms with Crippen molar-refractivity contribution >= 4 is 6.09 Å². The largest absolute Gasteiger partial charge is 0.438 e. The van der Waals surface area contributed by atoms with E-state index in [1.807, 2.05) is 0 Å². The summed E-state index contributed by atoms with van der Waals surface area (Å²) in [5.74, 6) is 0. The predicted molar refractivity (Wildman–Crippen MR) is 57.4 cm³/mol. The van der Waals surface area contributed by atoms with Gasteiger partial charge in [0.25, 0.3) is 0 Å². The lowest BCUT2D eigenvalue weighted by atomic mass is 9.77. The number of carbonyl (C=O) groups is 1. The van der Waals surface area contributed by atoms with Crippen LogP contribution in [0.5, 0.6) is 0 Å². The molecule has 92 valence electrons. The van der Waals surface area contributed by atoms with Gasteiger partial charge in [-0.3, -0.25) is 4.90 Å². The molecule has 4 N–H and O–H groups in total. The summed E-state index contributed by atoms with van der Waals surface area (Å²) in [6.45, 7) is 2.73. The average molecular weight is 229 g/mol. The molecule has 2 rings (SSSR count). The van der Waals surface area contributed by atoms with Crippen molar-refractivity contribution in [3.63, 3.8) is 0 Å². The van der Waals surface area contributed by atoms with Crippen molar-refractivity contribution in [2.75, 3.05) is 13.1 Å². The molecule has 2 fully saturated rings. The van der Waals surface area contributed by atoms with E-state index in [9.17, 15) is 9.90 Å². The Hall–Kier alpha value is -0.810. The summed E-state index contributed by atoms with van der Waals surface area (Å²) in [7, 11) is 0. The first-order chi connectivity index (χ1) is 7.53. The van der Waals surface area contributed by atoms with Gasteiger partial charge in [0.2, 0.25) is 0 Å². The van der Waals surface area contributed by atoms with Gasteiger partial charge in [-0.2, -0.15) is 0 Å². The van der Waals surface area contributed by atoms with Crippen molar-refractivity contribution in [1.82, 2.24) is 4.90 Å². The summed E-state index contributed by atoms with van der Waals surface area (Å²) in [4.78, 5) is 13.2. The fourth-order valence-corrected chi connectivity index (χ4v) is 2.91. The van der Waals surface area contributed by atoms with Crippen LogP contribution in [0.3, 0.4) is 0 Å². The van der Waals surface area contributed by atoms with Crippen LogP contribution in [-0.2, 0) is 4.74 Å². The third kappa shape index (κ3) is 1.50. The monoisotopic (exact) mass is 229 g/mol. The SMILES string of the molecule is C[C@@]1(O)N(CC[NH3+])C(=O)OC12CCCCC2. The summed E-state index contributed by atoms with van der Waals surface area (Å²) in [6, 6.07) is 0. The van der Waals surface area contributed by atoms with E-state index in [4.69, 9.17) is 4.74 Å². The highest BCUT2D eigenvalue weighted by Gasteiger charge is 2.61. The van der Waals surface area contributed by atoms with Gasteiger partial charge in [-0.15, -0.1) is 0 Å². The maximum absolute atomic E-state index is 11.8. The Bertz CT molecular complexity index is 285. The van der Waals surface area contributed by atoms with Crippen molar-refractivity contribution < 1.29 is 20.4 Å². The molecule has 0 unspecified atom stereocenters. The maximum Gasteiger partial charge on any atom is 0.413 e. The van der Waals surface area contributed by atoms with E-state index in [2.05, 4.69) is 5.73 Å². The number of nitrogens with zero attached hydrogens (tertiary/aromatic N) is 1. The van der Waals surface area contributed by atoms with E-state index in [1.54, 1.807) is 6.92 Å². The van der Waals surface area contributed by atoms with Crippen molar-refractivity contribution in [2.45, 2.75) is 50.4 Å². The number of aliphatic hydroxyl groups is 1. The third-order valence-electron chi connectivity index (χ3n) is 3.93. The lowest BCUT2D eigenvalue weighted by molar-refractivity contribution is -0.370. The molecule has 1 amide bonds. The minimum Gasteiger partial charge on any atom is -0.438 e. The lowest BCUT2D eigenvalue weighted by Crippen LogP contribution is -2.62. The van der Waals surface area contributed by atoms with Crippen LogP contribution in [0.1, 0.15) is 39.0 Å². The second-order valence-corrected chi connectivity index (χ2v) is 4.95. The molecular weight excluding hydrogens is 208 g/mol. The first-order valence-corrected chi connectivity index (χ1v) is 6.06. The molecule has 5 nitrogen and oxygen atoms in total. The Morgan fingerprint density at radius 3 is 2.62 bits per heavy atom. The highest BCUT2D eigenvalue weighted by molar-refractivity contribution is 5.72. The highest BCUT2D eigenvalue weighted by atomic mass is 16.6. The molecule has 1 saturated heterocycles. The molecule has 0 aromatic heterocycles. The van der Waals surface area contributed by atoms with Crippen LogP contribution in [0, 0.1) is 0 Å². The van der Waals surface area contributed by atoms with Crippen LogP contribution >= 0.6 is 0 Å². The van der Waals surface area contributed by atoms with Gasteiger partial charge in [0, 0.05) is 0 Å². The van der Waals surface area contributed by atoms with Crippen LogP contribution in [-0.4, -0.2) is 40.5 Å². The summed E-state index contributed by atoms with van der Waals surface area (Å²) >= 11 is 0. The number of quaternary nitrogens is 1. The number of hydrogen-bond acceptors (Lipinski definition) is 3. The Morgan fingerprint density at radius 2 is 2.06 bits per heavy atom. The van der Waals surface area contributed by atoms with Gasteiger partial charge in [-0.25, -0.2) is 4.79 Å². The van der Waals surface area contributed by atoms with E-state index in [1.165, 1.54) is 4.90 Å². The van der Waals surface area contributed by atoms with E-state index in [-0.39, 0.29) is 0 Å². The Kier molecular flexibility index (Phi) is 2.84. The van der Waals surface area contributed by atoms with Gasteiger partial charge in [0.1, 0.15) is 0 Å². The van der Waals surface area contributed by atoms with Gasteiger partial charge in [-0.05, 0) is 32.6 Å². The zero-order chi connectivity index (χ0) is 11.8. The summed E-state index contributed by atoms with van der Waals surface area (Å²) in [5.41, 5.74) is 1.86. The van der Waals surface area contributed by atoms with E-state index >= 15 is 0 Å². The lowest BCUT2D eigenvalue weighted by Gasteiger charge is -2.41. The molecule has 0 radical (unpaired) electrons. The van der Waals surface area contributed by atoms with Crippen LogP contribution in [0.2, 0.25) is 0 Å². The van der Waals surface area contributed by atoms with Gasteiger partial charge < -0.3 is 15.6 Å². The number of carbonyl (C=O) groups excluding carboxylic acids is 1. The number of ether oxygens (including phenoxy) is 1. The van der Waals surface area contributed by atoms with E-state index in [0.717, 1.165) is 32.1 Å². The Labute approximate surface area is 95.5 Å². The molecule has 1 atom stereocenters. The van der Waals surface area contributed by atoms with Gasteiger partial charge in [0.05, 0.1) is 13.1 Å². The van der Waals surface area contributed by atoms with Crippen molar-refractivity contribution in [1.29, 1.82) is 0 Å². The van der Waals surface area contributed by atoms with E-state index < -0.39 is 17.4 Å². The van der Waals surface area contributed by atoms with Crippen molar-refractivity contribution in [2.24, 2.45) is 0 Å². The molecule has 0 bridgehead atoms. The van der Waals surface area contributed by atoms with E-state index in [0.29, 0.717) is 13.1 Å². The first-order valence-electron chi connectivity index (χ1n) is 6.06. The average Bonchev–Trinajstić information content (AvgIpc) is 2.41. The molecule has 0 aromatic rings. The van der Waals surface area contributed by atoms with Crippen LogP contribution in [0.25, 0.3) is 0 Å². The fourth-order valence-electron chi connectivity index (χ4n) is 2.91. The zero-order valence-electron chi connectivity index (χ0n) is 9.87. The zero-order valence-corrected chi connectivity index (χ0v) is 9.87. The molecule has 5 heteroatoms. The van der Waals surface area contributed by atoms with Crippen LogP contribution in [0.4, 0.5) is 4.79 Å². The molecule has 1 saturated carbocycles. The highest BCUT2D eigenvalue weighted by Crippen LogP contribution is 2.46.